The van der Waals surface area contributed by atoms with Crippen molar-refractivity contribution in [2.45, 2.75) is 6.92 Å². The molecule has 0 aliphatic carbocycles. The third-order valence-electron chi connectivity index (χ3n) is 2.91. The van der Waals surface area contributed by atoms with Gasteiger partial charge in [0.1, 0.15) is 5.56 Å². The summed E-state index contributed by atoms with van der Waals surface area (Å²) in [6, 6.07) is 8.50. The topological polar surface area (TPSA) is 60.5 Å². The zero-order valence-electron chi connectivity index (χ0n) is 11.9. The first kappa shape index (κ1) is 15.1. The number of benzene rings is 1. The molecule has 2 rings (SSSR count). The molecule has 0 unspecified atom stereocenters. The van der Waals surface area contributed by atoms with Crippen molar-refractivity contribution >= 4 is 23.2 Å². The molecule has 0 radical (unpaired) electrons. The SMILES string of the molecule is COc1ccc(C(=O)Nc2ccc(C)c(Cl)c2)c(OC)n1. The molecule has 6 heteroatoms. The van der Waals surface area contributed by atoms with E-state index in [-0.39, 0.29) is 11.8 Å². The Morgan fingerprint density at radius 3 is 2.57 bits per heavy atom. The molecule has 0 bridgehead atoms. The summed E-state index contributed by atoms with van der Waals surface area (Å²) in [5.74, 6) is 0.244. The van der Waals surface area contributed by atoms with Crippen LogP contribution in [0.1, 0.15) is 15.9 Å². The molecule has 0 saturated carbocycles. The Kier molecular flexibility index (Phi) is 4.65. The first-order valence-corrected chi connectivity index (χ1v) is 6.59. The highest BCUT2D eigenvalue weighted by molar-refractivity contribution is 6.31. The number of aromatic nitrogens is 1. The van der Waals surface area contributed by atoms with Gasteiger partial charge in [0.2, 0.25) is 11.8 Å². The monoisotopic (exact) mass is 306 g/mol. The van der Waals surface area contributed by atoms with Crippen molar-refractivity contribution < 1.29 is 14.3 Å². The molecule has 0 aliphatic heterocycles. The lowest BCUT2D eigenvalue weighted by Gasteiger charge is -2.10. The fraction of sp³-hybridized carbons (Fsp3) is 0.200. The summed E-state index contributed by atoms with van der Waals surface area (Å²) in [4.78, 5) is 16.3. The largest absolute Gasteiger partial charge is 0.481 e. The van der Waals surface area contributed by atoms with Gasteiger partial charge in [-0.15, -0.1) is 0 Å². The zero-order chi connectivity index (χ0) is 15.4. The van der Waals surface area contributed by atoms with E-state index in [1.165, 1.54) is 14.2 Å². The van der Waals surface area contributed by atoms with Gasteiger partial charge in [-0.1, -0.05) is 17.7 Å². The van der Waals surface area contributed by atoms with E-state index in [1.54, 1.807) is 24.3 Å². The molecule has 0 atom stereocenters. The number of carbonyl (C=O) groups is 1. The number of nitrogens with one attached hydrogen (secondary N) is 1. The summed E-state index contributed by atoms with van der Waals surface area (Å²) in [5, 5.41) is 3.34. The van der Waals surface area contributed by atoms with Gasteiger partial charge in [-0.3, -0.25) is 4.79 Å². The molecular formula is C15H15ClN2O3. The highest BCUT2D eigenvalue weighted by Gasteiger charge is 2.15. The standard InChI is InChI=1S/C15H15ClN2O3/c1-9-4-5-10(8-12(9)16)17-14(19)11-6-7-13(20-2)18-15(11)21-3/h4-8H,1-3H3,(H,17,19). The molecule has 1 heterocycles. The van der Waals surface area contributed by atoms with E-state index in [2.05, 4.69) is 10.3 Å². The molecule has 0 aliphatic rings. The number of hydrogen-bond donors (Lipinski definition) is 1. The molecule has 1 amide bonds. The summed E-state index contributed by atoms with van der Waals surface area (Å²) in [6.07, 6.45) is 0. The Hall–Kier alpha value is -2.27. The van der Waals surface area contributed by atoms with Crippen LogP contribution in [-0.2, 0) is 0 Å². The van der Waals surface area contributed by atoms with E-state index >= 15 is 0 Å². The van der Waals surface area contributed by atoms with Gasteiger partial charge >= 0.3 is 0 Å². The van der Waals surface area contributed by atoms with Crippen LogP contribution < -0.4 is 14.8 Å². The van der Waals surface area contributed by atoms with E-state index in [0.717, 1.165) is 5.56 Å². The van der Waals surface area contributed by atoms with E-state index < -0.39 is 0 Å². The number of rotatable bonds is 4. The van der Waals surface area contributed by atoms with Crippen molar-refractivity contribution in [3.8, 4) is 11.8 Å². The third-order valence-corrected chi connectivity index (χ3v) is 3.32. The summed E-state index contributed by atoms with van der Waals surface area (Å²) in [5.41, 5.74) is 1.86. The summed E-state index contributed by atoms with van der Waals surface area (Å²) >= 11 is 6.04. The highest BCUT2D eigenvalue weighted by atomic mass is 35.5. The Morgan fingerprint density at radius 2 is 1.95 bits per heavy atom. The lowest BCUT2D eigenvalue weighted by atomic mass is 10.2. The number of anilines is 1. The van der Waals surface area contributed by atoms with Gasteiger partial charge in [-0.25, -0.2) is 0 Å². The number of amides is 1. The van der Waals surface area contributed by atoms with Crippen molar-refractivity contribution in [3.63, 3.8) is 0 Å². The predicted molar refractivity (Wildman–Crippen MR) is 81.5 cm³/mol. The van der Waals surface area contributed by atoms with Gasteiger partial charge in [-0.05, 0) is 30.7 Å². The van der Waals surface area contributed by atoms with Crippen molar-refractivity contribution in [2.75, 3.05) is 19.5 Å². The minimum absolute atomic E-state index is 0.199. The van der Waals surface area contributed by atoms with Crippen molar-refractivity contribution in [3.05, 3.63) is 46.5 Å². The van der Waals surface area contributed by atoms with Gasteiger partial charge in [0, 0.05) is 16.8 Å². The molecule has 1 aromatic heterocycles. The average Bonchev–Trinajstić information content (AvgIpc) is 2.50. The minimum atomic E-state index is -0.332. The second-order valence-electron chi connectivity index (χ2n) is 4.33. The number of hydrogen-bond acceptors (Lipinski definition) is 4. The Labute approximate surface area is 127 Å². The maximum Gasteiger partial charge on any atom is 0.261 e. The van der Waals surface area contributed by atoms with Crippen LogP contribution in [0.25, 0.3) is 0 Å². The molecule has 1 aromatic carbocycles. The molecule has 110 valence electrons. The third kappa shape index (κ3) is 3.44. The zero-order valence-corrected chi connectivity index (χ0v) is 12.7. The molecule has 0 spiro atoms. The van der Waals surface area contributed by atoms with Gasteiger partial charge in [0.15, 0.2) is 0 Å². The van der Waals surface area contributed by atoms with Crippen molar-refractivity contribution in [2.24, 2.45) is 0 Å². The number of pyridine rings is 1. The number of methoxy groups -OCH3 is 2. The lowest BCUT2D eigenvalue weighted by Crippen LogP contribution is -2.14. The number of ether oxygens (including phenoxy) is 2. The molecular weight excluding hydrogens is 292 g/mol. The average molecular weight is 307 g/mol. The van der Waals surface area contributed by atoms with Crippen LogP contribution in [0, 0.1) is 6.92 Å². The van der Waals surface area contributed by atoms with E-state index in [0.29, 0.717) is 22.2 Å². The number of carbonyl (C=O) groups excluding carboxylic acids is 1. The van der Waals surface area contributed by atoms with Crippen LogP contribution in [-0.4, -0.2) is 25.1 Å². The van der Waals surface area contributed by atoms with E-state index in [9.17, 15) is 4.79 Å². The van der Waals surface area contributed by atoms with Crippen LogP contribution in [0.5, 0.6) is 11.8 Å². The van der Waals surface area contributed by atoms with E-state index in [4.69, 9.17) is 21.1 Å². The molecule has 5 nitrogen and oxygen atoms in total. The smallest absolute Gasteiger partial charge is 0.261 e. The highest BCUT2D eigenvalue weighted by Crippen LogP contribution is 2.23. The summed E-state index contributed by atoms with van der Waals surface area (Å²) in [7, 11) is 2.94. The van der Waals surface area contributed by atoms with Gasteiger partial charge in [-0.2, -0.15) is 4.98 Å². The van der Waals surface area contributed by atoms with Crippen LogP contribution >= 0.6 is 11.6 Å². The van der Waals surface area contributed by atoms with Crippen LogP contribution in [0.3, 0.4) is 0 Å². The van der Waals surface area contributed by atoms with Crippen LogP contribution in [0.4, 0.5) is 5.69 Å². The van der Waals surface area contributed by atoms with Crippen LogP contribution in [0.15, 0.2) is 30.3 Å². The fourth-order valence-corrected chi connectivity index (χ4v) is 1.92. The Bertz CT molecular complexity index is 674. The fourth-order valence-electron chi connectivity index (χ4n) is 1.73. The first-order chi connectivity index (χ1) is 10.0. The molecule has 0 fully saturated rings. The molecule has 2 aromatic rings. The molecule has 21 heavy (non-hydrogen) atoms. The number of aryl methyl sites for hydroxylation is 1. The summed E-state index contributed by atoms with van der Waals surface area (Å²) in [6.45, 7) is 1.89. The van der Waals surface area contributed by atoms with Crippen molar-refractivity contribution in [1.29, 1.82) is 0 Å². The van der Waals surface area contributed by atoms with Crippen molar-refractivity contribution in [1.82, 2.24) is 4.98 Å². The second-order valence-corrected chi connectivity index (χ2v) is 4.74. The second kappa shape index (κ2) is 6.45. The number of nitrogens with zero attached hydrogens (tertiary/aromatic N) is 1. The first-order valence-electron chi connectivity index (χ1n) is 6.21. The van der Waals surface area contributed by atoms with Gasteiger partial charge in [0.05, 0.1) is 14.2 Å². The molecule has 0 saturated heterocycles. The predicted octanol–water partition coefficient (Wildman–Crippen LogP) is 3.31. The Balaban J connectivity index is 2.25. The van der Waals surface area contributed by atoms with Crippen LogP contribution in [0.2, 0.25) is 5.02 Å². The maximum atomic E-state index is 12.3. The lowest BCUT2D eigenvalue weighted by molar-refractivity contribution is 0.102. The number of halogens is 1. The maximum absolute atomic E-state index is 12.3. The van der Waals surface area contributed by atoms with E-state index in [1.807, 2.05) is 13.0 Å². The quantitative estimate of drug-likeness (QED) is 0.941. The summed E-state index contributed by atoms with van der Waals surface area (Å²) < 4.78 is 10.1. The van der Waals surface area contributed by atoms with Gasteiger partial charge < -0.3 is 14.8 Å². The molecule has 1 N–H and O–H groups in total. The Morgan fingerprint density at radius 1 is 1.19 bits per heavy atom. The minimum Gasteiger partial charge on any atom is -0.481 e. The normalized spacial score (nSPS) is 10.1. The van der Waals surface area contributed by atoms with Gasteiger partial charge in [0.25, 0.3) is 5.91 Å².